The van der Waals surface area contributed by atoms with Crippen molar-refractivity contribution in [1.82, 2.24) is 4.90 Å². The molecule has 1 amide bonds. The third-order valence-electron chi connectivity index (χ3n) is 6.03. The number of nitrogens with zero attached hydrogens (tertiary/aromatic N) is 1. The lowest BCUT2D eigenvalue weighted by Gasteiger charge is -2.46. The number of carbonyl (C=O) groups excluding carboxylic acids is 1. The fourth-order valence-corrected chi connectivity index (χ4v) is 8.99. The number of benzene rings is 2. The summed E-state index contributed by atoms with van der Waals surface area (Å²) in [7, 11) is -2.78. The summed E-state index contributed by atoms with van der Waals surface area (Å²) in [4.78, 5) is 24.4. The van der Waals surface area contributed by atoms with E-state index in [1.807, 2.05) is 36.4 Å². The van der Waals surface area contributed by atoms with Crippen LogP contribution in [0.15, 0.2) is 60.7 Å². The highest BCUT2D eigenvalue weighted by Gasteiger charge is 2.51. The van der Waals surface area contributed by atoms with Crippen LogP contribution in [0.5, 0.6) is 0 Å². The lowest BCUT2D eigenvalue weighted by molar-refractivity contribution is -0.142. The molecule has 0 spiro atoms. The summed E-state index contributed by atoms with van der Waals surface area (Å²) in [6.07, 6.45) is -1.72. The Morgan fingerprint density at radius 3 is 2.06 bits per heavy atom. The maximum absolute atomic E-state index is 11.7. The van der Waals surface area contributed by atoms with E-state index in [1.165, 1.54) is 4.90 Å². The van der Waals surface area contributed by atoms with Crippen LogP contribution in [0.1, 0.15) is 27.7 Å². The highest BCUT2D eigenvalue weighted by atomic mass is 28.4. The zero-order valence-electron chi connectivity index (χ0n) is 18.5. The zero-order chi connectivity index (χ0) is 22.6. The molecule has 0 saturated carbocycles. The Balaban J connectivity index is 2.01. The molecule has 0 unspecified atom stereocenters. The predicted molar refractivity (Wildman–Crippen MR) is 122 cm³/mol. The summed E-state index contributed by atoms with van der Waals surface area (Å²) in [5.74, 6) is 0. The SMILES string of the molecule is C[C@@H]1[C@@H](CO[Si](c2ccccc2)(c2ccccc2)C(C)(C)C)O[C@H](C=O)CN1C(=O)O. The first-order chi connectivity index (χ1) is 14.7. The number of aldehydes is 1. The highest BCUT2D eigenvalue weighted by Crippen LogP contribution is 2.37. The Hall–Kier alpha value is -2.48. The topological polar surface area (TPSA) is 76.1 Å². The first kappa shape index (κ1) is 23.2. The Morgan fingerprint density at radius 2 is 1.65 bits per heavy atom. The van der Waals surface area contributed by atoms with Crippen molar-refractivity contribution < 1.29 is 23.9 Å². The van der Waals surface area contributed by atoms with Gasteiger partial charge in [-0.1, -0.05) is 81.4 Å². The molecule has 0 bridgehead atoms. The van der Waals surface area contributed by atoms with Gasteiger partial charge in [-0.05, 0) is 22.3 Å². The summed E-state index contributed by atoms with van der Waals surface area (Å²) in [6, 6.07) is 20.0. The average molecular weight is 442 g/mol. The number of morpholine rings is 1. The molecule has 3 rings (SSSR count). The number of carbonyl (C=O) groups is 2. The van der Waals surface area contributed by atoms with Gasteiger partial charge in [0.15, 0.2) is 6.29 Å². The van der Waals surface area contributed by atoms with Gasteiger partial charge in [0.2, 0.25) is 0 Å². The highest BCUT2D eigenvalue weighted by molar-refractivity contribution is 6.99. The fourth-order valence-electron chi connectivity index (χ4n) is 4.42. The quantitative estimate of drug-likeness (QED) is 0.551. The van der Waals surface area contributed by atoms with Crippen LogP contribution in [0, 0.1) is 0 Å². The summed E-state index contributed by atoms with van der Waals surface area (Å²) in [5.41, 5.74) is 0. The Kier molecular flexibility index (Phi) is 6.98. The molecule has 2 aromatic rings. The van der Waals surface area contributed by atoms with Gasteiger partial charge < -0.3 is 19.1 Å². The number of amides is 1. The van der Waals surface area contributed by atoms with Crippen molar-refractivity contribution in [2.45, 2.75) is 51.0 Å². The van der Waals surface area contributed by atoms with E-state index in [4.69, 9.17) is 9.16 Å². The molecule has 0 radical (unpaired) electrons. The molecule has 1 N–H and O–H groups in total. The van der Waals surface area contributed by atoms with Gasteiger partial charge in [0.05, 0.1) is 19.2 Å². The molecular weight excluding hydrogens is 410 g/mol. The van der Waals surface area contributed by atoms with Crippen LogP contribution in [0.25, 0.3) is 0 Å². The van der Waals surface area contributed by atoms with Crippen molar-refractivity contribution in [2.24, 2.45) is 0 Å². The van der Waals surface area contributed by atoms with Gasteiger partial charge in [0, 0.05) is 0 Å². The third-order valence-corrected chi connectivity index (χ3v) is 11.0. The number of rotatable bonds is 6. The van der Waals surface area contributed by atoms with Crippen molar-refractivity contribution in [3.63, 3.8) is 0 Å². The second kappa shape index (κ2) is 9.34. The number of carboxylic acid groups (broad SMARTS) is 1. The molecule has 7 heteroatoms. The lowest BCUT2D eigenvalue weighted by atomic mass is 10.1. The van der Waals surface area contributed by atoms with Gasteiger partial charge in [0.25, 0.3) is 8.32 Å². The van der Waals surface area contributed by atoms with Crippen LogP contribution in [-0.2, 0) is 14.0 Å². The fraction of sp³-hybridized carbons (Fsp3) is 0.417. The molecule has 1 fully saturated rings. The van der Waals surface area contributed by atoms with Gasteiger partial charge in [-0.25, -0.2) is 4.79 Å². The monoisotopic (exact) mass is 441 g/mol. The molecule has 1 saturated heterocycles. The zero-order valence-corrected chi connectivity index (χ0v) is 19.5. The van der Waals surface area contributed by atoms with E-state index >= 15 is 0 Å². The van der Waals surface area contributed by atoms with Crippen LogP contribution < -0.4 is 10.4 Å². The van der Waals surface area contributed by atoms with Gasteiger partial charge in [0.1, 0.15) is 12.2 Å². The largest absolute Gasteiger partial charge is 0.465 e. The van der Waals surface area contributed by atoms with Crippen LogP contribution in [0.2, 0.25) is 5.04 Å². The molecular formula is C24H31NO5Si. The average Bonchev–Trinajstić information content (AvgIpc) is 2.75. The van der Waals surface area contributed by atoms with E-state index in [0.29, 0.717) is 6.29 Å². The molecule has 1 aliphatic heterocycles. The van der Waals surface area contributed by atoms with E-state index in [9.17, 15) is 14.7 Å². The van der Waals surface area contributed by atoms with Crippen molar-refractivity contribution in [3.05, 3.63) is 60.7 Å². The maximum atomic E-state index is 11.7. The van der Waals surface area contributed by atoms with Crippen LogP contribution in [0.4, 0.5) is 4.79 Å². The van der Waals surface area contributed by atoms with E-state index in [-0.39, 0.29) is 18.2 Å². The van der Waals surface area contributed by atoms with Crippen molar-refractivity contribution in [2.75, 3.05) is 13.2 Å². The molecule has 31 heavy (non-hydrogen) atoms. The molecule has 1 aliphatic rings. The summed E-state index contributed by atoms with van der Waals surface area (Å²) in [5, 5.41) is 11.6. The molecule has 0 aliphatic carbocycles. The number of ether oxygens (including phenoxy) is 1. The summed E-state index contributed by atoms with van der Waals surface area (Å²) < 4.78 is 12.8. The number of hydrogen-bond donors (Lipinski definition) is 1. The van der Waals surface area contributed by atoms with Crippen LogP contribution in [-0.4, -0.2) is 62.1 Å². The Bertz CT molecular complexity index is 844. The summed E-state index contributed by atoms with van der Waals surface area (Å²) in [6.45, 7) is 8.58. The molecule has 3 atom stereocenters. The third kappa shape index (κ3) is 4.58. The molecule has 166 valence electrons. The Labute approximate surface area is 184 Å². The second-order valence-electron chi connectivity index (χ2n) is 9.00. The molecule has 2 aromatic carbocycles. The minimum Gasteiger partial charge on any atom is -0.465 e. The number of hydrogen-bond acceptors (Lipinski definition) is 4. The van der Waals surface area contributed by atoms with Crippen LogP contribution in [0.3, 0.4) is 0 Å². The molecule has 0 aromatic heterocycles. The van der Waals surface area contributed by atoms with Gasteiger partial charge >= 0.3 is 6.09 Å². The van der Waals surface area contributed by atoms with E-state index in [1.54, 1.807) is 6.92 Å². The molecule has 6 nitrogen and oxygen atoms in total. The second-order valence-corrected chi connectivity index (χ2v) is 13.3. The van der Waals surface area contributed by atoms with Crippen LogP contribution >= 0.6 is 0 Å². The van der Waals surface area contributed by atoms with Gasteiger partial charge in [-0.3, -0.25) is 4.90 Å². The first-order valence-electron chi connectivity index (χ1n) is 10.6. The van der Waals surface area contributed by atoms with Gasteiger partial charge in [-0.15, -0.1) is 0 Å². The normalized spacial score (nSPS) is 22.2. The van der Waals surface area contributed by atoms with Gasteiger partial charge in [-0.2, -0.15) is 0 Å². The summed E-state index contributed by atoms with van der Waals surface area (Å²) >= 11 is 0. The van der Waals surface area contributed by atoms with E-state index in [2.05, 4.69) is 45.0 Å². The minimum atomic E-state index is -2.78. The first-order valence-corrected chi connectivity index (χ1v) is 12.5. The van der Waals surface area contributed by atoms with Crippen molar-refractivity contribution >= 4 is 31.1 Å². The van der Waals surface area contributed by atoms with Crippen molar-refractivity contribution in [1.29, 1.82) is 0 Å². The lowest BCUT2D eigenvalue weighted by Crippen LogP contribution is -2.68. The predicted octanol–water partition coefficient (Wildman–Crippen LogP) is 2.90. The van der Waals surface area contributed by atoms with E-state index in [0.717, 1.165) is 10.4 Å². The maximum Gasteiger partial charge on any atom is 0.407 e. The van der Waals surface area contributed by atoms with Crippen molar-refractivity contribution in [3.8, 4) is 0 Å². The minimum absolute atomic E-state index is 0.0374. The Morgan fingerprint density at radius 1 is 1.13 bits per heavy atom. The molecule has 1 heterocycles. The standard InChI is InChI=1S/C24H31NO5Si/c1-18-22(30-19(16-26)15-25(18)23(27)28)17-29-31(24(2,3)4,20-11-7-5-8-12-20)21-13-9-6-10-14-21/h5-14,16,18-19,22H,15,17H2,1-4H3,(H,27,28)/t18-,19+,22-/m1/s1. The van der Waals surface area contributed by atoms with E-state index < -0.39 is 32.7 Å². The smallest absolute Gasteiger partial charge is 0.407 e.